The smallest absolute Gasteiger partial charge is 0.240 e. The van der Waals surface area contributed by atoms with Crippen LogP contribution in [0, 0.1) is 17.6 Å². The van der Waals surface area contributed by atoms with Crippen LogP contribution in [0.4, 0.5) is 13.9 Å². The molecule has 2 aliphatic rings. The predicted octanol–water partition coefficient (Wildman–Crippen LogP) is 4.19. The van der Waals surface area contributed by atoms with Crippen molar-refractivity contribution < 1.29 is 18.4 Å². The van der Waals surface area contributed by atoms with E-state index in [1.165, 1.54) is 23.8 Å². The van der Waals surface area contributed by atoms with Crippen molar-refractivity contribution in [2.75, 3.05) is 25.0 Å². The van der Waals surface area contributed by atoms with Crippen LogP contribution in [0.1, 0.15) is 44.9 Å². The summed E-state index contributed by atoms with van der Waals surface area (Å²) in [5.41, 5.74) is 0.941. The van der Waals surface area contributed by atoms with Gasteiger partial charge in [-0.05, 0) is 43.9 Å². The first-order chi connectivity index (χ1) is 15.5. The van der Waals surface area contributed by atoms with Gasteiger partial charge >= 0.3 is 0 Å². The Bertz CT molecular complexity index is 953. The van der Waals surface area contributed by atoms with Gasteiger partial charge in [0.2, 0.25) is 11.8 Å². The third-order valence-electron chi connectivity index (χ3n) is 6.24. The van der Waals surface area contributed by atoms with Gasteiger partial charge in [-0.2, -0.15) is 0 Å². The van der Waals surface area contributed by atoms with Gasteiger partial charge in [-0.25, -0.2) is 13.8 Å². The summed E-state index contributed by atoms with van der Waals surface area (Å²) in [4.78, 5) is 31.2. The highest BCUT2D eigenvalue weighted by molar-refractivity contribution is 7.14. The largest absolute Gasteiger partial charge is 0.353 e. The van der Waals surface area contributed by atoms with Crippen molar-refractivity contribution in [3.63, 3.8) is 0 Å². The second-order valence-electron chi connectivity index (χ2n) is 8.61. The average molecular weight is 463 g/mol. The molecule has 2 amide bonds. The van der Waals surface area contributed by atoms with Crippen molar-refractivity contribution in [1.29, 1.82) is 0 Å². The van der Waals surface area contributed by atoms with E-state index >= 15 is 0 Å². The molecule has 1 aromatic carbocycles. The van der Waals surface area contributed by atoms with Crippen LogP contribution in [0.25, 0.3) is 11.3 Å². The van der Waals surface area contributed by atoms with Gasteiger partial charge in [0.15, 0.2) is 16.8 Å². The standard InChI is InChI=1S/C23H28F2N4O2S/c24-18-7-6-16(12-19(18)25)20-14-32-23(27-20)28-21(30)13-29-10-8-17(9-11-29)26-22(31)15-4-2-1-3-5-15/h6-7,12,14-15,17H,1-5,8-11,13H2,(H,26,31)(H,27,28,30). The second kappa shape index (κ2) is 10.5. The number of piperidine rings is 1. The number of thiazole rings is 1. The van der Waals surface area contributed by atoms with Gasteiger partial charge in [0.25, 0.3) is 0 Å². The Hall–Kier alpha value is -2.39. The first-order valence-electron chi connectivity index (χ1n) is 11.2. The van der Waals surface area contributed by atoms with Gasteiger partial charge in [-0.1, -0.05) is 19.3 Å². The number of nitrogens with one attached hydrogen (secondary N) is 2. The molecule has 0 unspecified atom stereocenters. The molecule has 9 heteroatoms. The normalized spacial score (nSPS) is 18.4. The van der Waals surface area contributed by atoms with Crippen molar-refractivity contribution in [2.45, 2.75) is 51.0 Å². The number of carbonyl (C=O) groups excluding carboxylic acids is 2. The third-order valence-corrected chi connectivity index (χ3v) is 7.00. The van der Waals surface area contributed by atoms with Crippen LogP contribution < -0.4 is 10.6 Å². The van der Waals surface area contributed by atoms with Crippen LogP contribution in [-0.2, 0) is 9.59 Å². The number of benzene rings is 1. The fraction of sp³-hybridized carbons (Fsp3) is 0.522. The molecular formula is C23H28F2N4O2S. The molecular weight excluding hydrogens is 434 g/mol. The molecule has 1 saturated heterocycles. The summed E-state index contributed by atoms with van der Waals surface area (Å²) in [6, 6.07) is 3.79. The van der Waals surface area contributed by atoms with E-state index < -0.39 is 11.6 Å². The molecule has 4 rings (SSSR count). The molecule has 1 saturated carbocycles. The van der Waals surface area contributed by atoms with E-state index in [4.69, 9.17) is 0 Å². The number of hydrogen-bond acceptors (Lipinski definition) is 5. The number of anilines is 1. The number of amides is 2. The molecule has 32 heavy (non-hydrogen) atoms. The molecule has 0 spiro atoms. The number of halogens is 2. The molecule has 0 atom stereocenters. The van der Waals surface area contributed by atoms with E-state index in [1.54, 1.807) is 5.38 Å². The summed E-state index contributed by atoms with van der Waals surface area (Å²) in [5, 5.41) is 8.10. The van der Waals surface area contributed by atoms with Gasteiger partial charge < -0.3 is 10.6 Å². The summed E-state index contributed by atoms with van der Waals surface area (Å²) < 4.78 is 26.5. The molecule has 2 heterocycles. The topological polar surface area (TPSA) is 74.3 Å². The predicted molar refractivity (Wildman–Crippen MR) is 120 cm³/mol. The maximum Gasteiger partial charge on any atom is 0.240 e. The summed E-state index contributed by atoms with van der Waals surface area (Å²) in [5.74, 6) is -1.64. The highest BCUT2D eigenvalue weighted by atomic mass is 32.1. The average Bonchev–Trinajstić information content (AvgIpc) is 3.26. The summed E-state index contributed by atoms with van der Waals surface area (Å²) in [6.07, 6.45) is 7.20. The van der Waals surface area contributed by atoms with Crippen LogP contribution in [0.3, 0.4) is 0 Å². The SMILES string of the molecule is O=C(CN1CCC(NC(=O)C2CCCCC2)CC1)Nc1nc(-c2ccc(F)c(F)c2)cs1. The minimum Gasteiger partial charge on any atom is -0.353 e. The number of hydrogen-bond donors (Lipinski definition) is 2. The fourth-order valence-electron chi connectivity index (χ4n) is 4.40. The number of likely N-dealkylation sites (tertiary alicyclic amines) is 1. The molecule has 2 aromatic rings. The van der Waals surface area contributed by atoms with E-state index in [2.05, 4.69) is 20.5 Å². The lowest BCUT2D eigenvalue weighted by Crippen LogP contribution is -2.48. The van der Waals surface area contributed by atoms with Crippen molar-refractivity contribution in [3.8, 4) is 11.3 Å². The molecule has 172 valence electrons. The highest BCUT2D eigenvalue weighted by Gasteiger charge is 2.26. The quantitative estimate of drug-likeness (QED) is 0.675. The van der Waals surface area contributed by atoms with Crippen LogP contribution in [0.15, 0.2) is 23.6 Å². The zero-order valence-electron chi connectivity index (χ0n) is 17.9. The highest BCUT2D eigenvalue weighted by Crippen LogP contribution is 2.26. The van der Waals surface area contributed by atoms with Gasteiger partial charge in [0.05, 0.1) is 12.2 Å². The van der Waals surface area contributed by atoms with Crippen LogP contribution in [-0.4, -0.2) is 47.4 Å². The Morgan fingerprint density at radius 1 is 1.06 bits per heavy atom. The second-order valence-corrected chi connectivity index (χ2v) is 9.47. The molecule has 2 N–H and O–H groups in total. The minimum absolute atomic E-state index is 0.166. The van der Waals surface area contributed by atoms with Gasteiger partial charge in [0.1, 0.15) is 0 Å². The molecule has 1 aliphatic carbocycles. The Kier molecular flexibility index (Phi) is 7.47. The molecule has 6 nitrogen and oxygen atoms in total. The third kappa shape index (κ3) is 5.89. The molecule has 1 aromatic heterocycles. The maximum atomic E-state index is 13.4. The Morgan fingerprint density at radius 3 is 2.53 bits per heavy atom. The number of nitrogens with zero attached hydrogens (tertiary/aromatic N) is 2. The molecule has 0 radical (unpaired) electrons. The monoisotopic (exact) mass is 462 g/mol. The maximum absolute atomic E-state index is 13.4. The van der Waals surface area contributed by atoms with Crippen molar-refractivity contribution in [1.82, 2.24) is 15.2 Å². The first kappa shape index (κ1) is 22.8. The summed E-state index contributed by atoms with van der Waals surface area (Å²) in [6.45, 7) is 1.76. The zero-order valence-corrected chi connectivity index (χ0v) is 18.7. The van der Waals surface area contributed by atoms with E-state index in [-0.39, 0.29) is 30.3 Å². The number of rotatable bonds is 6. The van der Waals surface area contributed by atoms with E-state index in [1.807, 2.05) is 0 Å². The lowest BCUT2D eigenvalue weighted by molar-refractivity contribution is -0.127. The molecule has 0 bridgehead atoms. The zero-order chi connectivity index (χ0) is 22.5. The minimum atomic E-state index is -0.931. The van der Waals surface area contributed by atoms with Crippen LogP contribution in [0.5, 0.6) is 0 Å². The van der Waals surface area contributed by atoms with Crippen molar-refractivity contribution >= 4 is 28.3 Å². The van der Waals surface area contributed by atoms with E-state index in [9.17, 15) is 18.4 Å². The summed E-state index contributed by atoms with van der Waals surface area (Å²) >= 11 is 1.24. The van der Waals surface area contributed by atoms with Crippen LogP contribution in [0.2, 0.25) is 0 Å². The van der Waals surface area contributed by atoms with Crippen molar-refractivity contribution in [2.24, 2.45) is 5.92 Å². The Labute approximate surface area is 190 Å². The van der Waals surface area contributed by atoms with E-state index in [0.29, 0.717) is 16.4 Å². The first-order valence-corrected chi connectivity index (χ1v) is 12.1. The molecule has 2 fully saturated rings. The van der Waals surface area contributed by atoms with Gasteiger partial charge in [-0.3, -0.25) is 14.5 Å². The number of carbonyl (C=O) groups is 2. The lowest BCUT2D eigenvalue weighted by atomic mass is 9.88. The molecule has 1 aliphatic heterocycles. The number of aromatic nitrogens is 1. The fourth-order valence-corrected chi connectivity index (χ4v) is 5.14. The van der Waals surface area contributed by atoms with Gasteiger partial charge in [-0.15, -0.1) is 11.3 Å². The Balaban J connectivity index is 1.21. The van der Waals surface area contributed by atoms with Crippen molar-refractivity contribution in [3.05, 3.63) is 35.2 Å². The summed E-state index contributed by atoms with van der Waals surface area (Å²) in [7, 11) is 0. The lowest BCUT2D eigenvalue weighted by Gasteiger charge is -2.33. The van der Waals surface area contributed by atoms with E-state index in [0.717, 1.165) is 63.7 Å². The van der Waals surface area contributed by atoms with Crippen LogP contribution >= 0.6 is 11.3 Å². The Morgan fingerprint density at radius 2 is 1.81 bits per heavy atom. The van der Waals surface area contributed by atoms with Gasteiger partial charge in [0, 0.05) is 36.0 Å².